The molecule has 0 unspecified atom stereocenters. The average Bonchev–Trinajstić information content (AvgIpc) is 3.25. The lowest BCUT2D eigenvalue weighted by atomic mass is 9.75. The van der Waals surface area contributed by atoms with Gasteiger partial charge >= 0.3 is 5.97 Å². The fraction of sp³-hybridized carbons (Fsp3) is 0.500. The summed E-state index contributed by atoms with van der Waals surface area (Å²) in [5.74, 6) is 0.317. The number of hydrogen-bond donors (Lipinski definition) is 1. The van der Waals surface area contributed by atoms with E-state index in [2.05, 4.69) is 21.2 Å². The molecule has 1 aromatic rings. The van der Waals surface area contributed by atoms with E-state index in [0.29, 0.717) is 29.1 Å². The topological polar surface area (TPSA) is 73.9 Å². The minimum absolute atomic E-state index is 0.0558. The lowest BCUT2D eigenvalue weighted by molar-refractivity contribution is -0.144. The molecule has 1 saturated carbocycles. The van der Waals surface area contributed by atoms with Crippen molar-refractivity contribution in [3.05, 3.63) is 44.7 Å². The van der Waals surface area contributed by atoms with E-state index >= 15 is 0 Å². The fourth-order valence-corrected chi connectivity index (χ4v) is 5.43. The smallest absolute Gasteiger partial charge is 0.337 e. The molecular formula is C24H28BrNO5. The van der Waals surface area contributed by atoms with Crippen molar-refractivity contribution in [2.45, 2.75) is 63.9 Å². The van der Waals surface area contributed by atoms with Gasteiger partial charge < -0.3 is 19.5 Å². The molecule has 6 nitrogen and oxygen atoms in total. The molecule has 0 saturated heterocycles. The van der Waals surface area contributed by atoms with Gasteiger partial charge in [0.15, 0.2) is 17.3 Å². The standard InChI is InChI=1S/C24H28BrNO5/c1-13-21(24(28)31-14-7-4-5-8-14)22(23-17(26-13)9-6-10-18(23)27)15-11-19(29-2)20(30-3)12-16(15)25/h11-12,14,22,26H,4-10H2,1-3H3/t22-/m1/s1. The van der Waals surface area contributed by atoms with E-state index in [-0.39, 0.29) is 17.9 Å². The van der Waals surface area contributed by atoms with Crippen LogP contribution in [0.2, 0.25) is 0 Å². The molecule has 0 radical (unpaired) electrons. The van der Waals surface area contributed by atoms with E-state index in [1.165, 1.54) is 0 Å². The number of ether oxygens (including phenoxy) is 3. The largest absolute Gasteiger partial charge is 0.493 e. The maximum atomic E-state index is 13.4. The second kappa shape index (κ2) is 9.07. The number of ketones is 1. The minimum Gasteiger partial charge on any atom is -0.493 e. The number of hydrogen-bond acceptors (Lipinski definition) is 6. The maximum absolute atomic E-state index is 13.4. The van der Waals surface area contributed by atoms with Crippen LogP contribution >= 0.6 is 15.9 Å². The van der Waals surface area contributed by atoms with Crippen molar-refractivity contribution in [3.63, 3.8) is 0 Å². The molecule has 1 heterocycles. The quantitative estimate of drug-likeness (QED) is 0.591. The summed E-state index contributed by atoms with van der Waals surface area (Å²) in [5.41, 5.74) is 3.58. The van der Waals surface area contributed by atoms with Gasteiger partial charge in [0.1, 0.15) is 6.10 Å². The van der Waals surface area contributed by atoms with Crippen molar-refractivity contribution in [2.75, 3.05) is 14.2 Å². The van der Waals surface area contributed by atoms with Crippen LogP contribution in [0.5, 0.6) is 11.5 Å². The summed E-state index contributed by atoms with van der Waals surface area (Å²) in [4.78, 5) is 26.5. The third-order valence-corrected chi connectivity index (χ3v) is 7.07. The van der Waals surface area contributed by atoms with Crippen molar-refractivity contribution in [1.29, 1.82) is 0 Å². The Morgan fingerprint density at radius 1 is 1.06 bits per heavy atom. The van der Waals surface area contributed by atoms with Crippen LogP contribution in [0.4, 0.5) is 0 Å². The molecule has 3 aliphatic rings. The number of rotatable bonds is 5. The molecule has 166 valence electrons. The van der Waals surface area contributed by atoms with Gasteiger partial charge in [-0.3, -0.25) is 4.79 Å². The zero-order valence-electron chi connectivity index (χ0n) is 18.2. The van der Waals surface area contributed by atoms with E-state index in [1.54, 1.807) is 14.2 Å². The highest BCUT2D eigenvalue weighted by atomic mass is 79.9. The number of Topliss-reactive ketones (excluding diaryl/α,β-unsaturated/α-hetero) is 1. The van der Waals surface area contributed by atoms with Crippen LogP contribution in [0.3, 0.4) is 0 Å². The van der Waals surface area contributed by atoms with Gasteiger partial charge in [0.2, 0.25) is 0 Å². The molecule has 1 fully saturated rings. The Balaban J connectivity index is 1.84. The number of benzene rings is 1. The number of carbonyl (C=O) groups is 2. The molecule has 1 N–H and O–H groups in total. The average molecular weight is 490 g/mol. The van der Waals surface area contributed by atoms with Crippen LogP contribution in [0, 0.1) is 0 Å². The molecule has 1 aliphatic heterocycles. The van der Waals surface area contributed by atoms with Crippen LogP contribution in [-0.4, -0.2) is 32.1 Å². The molecule has 0 spiro atoms. The minimum atomic E-state index is -0.521. The van der Waals surface area contributed by atoms with Crippen LogP contribution < -0.4 is 14.8 Å². The molecule has 4 rings (SSSR count). The summed E-state index contributed by atoms with van der Waals surface area (Å²) < 4.78 is 17.6. The van der Waals surface area contributed by atoms with Crippen molar-refractivity contribution in [2.24, 2.45) is 0 Å². The number of methoxy groups -OCH3 is 2. The Bertz CT molecular complexity index is 974. The van der Waals surface area contributed by atoms with Crippen LogP contribution in [0.1, 0.15) is 63.4 Å². The number of allylic oxidation sites excluding steroid dienone is 3. The molecule has 7 heteroatoms. The first-order valence-electron chi connectivity index (χ1n) is 10.8. The van der Waals surface area contributed by atoms with E-state index in [9.17, 15) is 9.59 Å². The van der Waals surface area contributed by atoms with E-state index < -0.39 is 5.92 Å². The second-order valence-electron chi connectivity index (χ2n) is 8.31. The second-order valence-corrected chi connectivity index (χ2v) is 9.16. The van der Waals surface area contributed by atoms with Crippen LogP contribution in [0.15, 0.2) is 39.1 Å². The molecule has 0 amide bonds. The third-order valence-electron chi connectivity index (χ3n) is 6.39. The summed E-state index contributed by atoms with van der Waals surface area (Å²) in [7, 11) is 3.15. The first-order valence-corrected chi connectivity index (χ1v) is 11.6. The van der Waals surface area contributed by atoms with Crippen LogP contribution in [-0.2, 0) is 14.3 Å². The van der Waals surface area contributed by atoms with E-state index in [1.807, 2.05) is 19.1 Å². The first kappa shape index (κ1) is 21.9. The fourth-order valence-electron chi connectivity index (χ4n) is 4.88. The summed E-state index contributed by atoms with van der Waals surface area (Å²) in [6, 6.07) is 3.67. The molecule has 1 atom stereocenters. The van der Waals surface area contributed by atoms with Gasteiger partial charge in [-0.15, -0.1) is 0 Å². The normalized spacial score (nSPS) is 21.7. The van der Waals surface area contributed by atoms with Crippen LogP contribution in [0.25, 0.3) is 0 Å². The van der Waals surface area contributed by atoms with Gasteiger partial charge in [0.25, 0.3) is 0 Å². The van der Waals surface area contributed by atoms with E-state index in [0.717, 1.165) is 60.0 Å². The van der Waals surface area contributed by atoms with Crippen molar-refractivity contribution < 1.29 is 23.8 Å². The number of carbonyl (C=O) groups excluding carboxylic acids is 2. The number of nitrogens with one attached hydrogen (secondary N) is 1. The lowest BCUT2D eigenvalue weighted by Gasteiger charge is -2.35. The SMILES string of the molecule is COc1cc(Br)c([C@@H]2C(C(=O)OC3CCCC3)=C(C)NC3=C2C(=O)CCC3)cc1OC. The Labute approximate surface area is 191 Å². The first-order chi connectivity index (χ1) is 14.9. The van der Waals surface area contributed by atoms with Gasteiger partial charge in [-0.1, -0.05) is 15.9 Å². The van der Waals surface area contributed by atoms with E-state index in [4.69, 9.17) is 14.2 Å². The summed E-state index contributed by atoms with van der Waals surface area (Å²) in [6.07, 6.45) is 5.95. The maximum Gasteiger partial charge on any atom is 0.337 e. The van der Waals surface area contributed by atoms with Crippen molar-refractivity contribution in [3.8, 4) is 11.5 Å². The number of esters is 1. The summed E-state index contributed by atoms with van der Waals surface area (Å²) in [5, 5.41) is 3.34. The molecule has 1 aromatic carbocycles. The highest BCUT2D eigenvalue weighted by Crippen LogP contribution is 2.47. The number of halogens is 1. The zero-order chi connectivity index (χ0) is 22.1. The molecule has 0 aromatic heterocycles. The summed E-state index contributed by atoms with van der Waals surface area (Å²) >= 11 is 3.64. The lowest BCUT2D eigenvalue weighted by Crippen LogP contribution is -2.35. The number of dihydropyridines is 1. The highest BCUT2D eigenvalue weighted by Gasteiger charge is 2.41. The summed E-state index contributed by atoms with van der Waals surface area (Å²) in [6.45, 7) is 1.88. The Kier molecular flexibility index (Phi) is 6.42. The monoisotopic (exact) mass is 489 g/mol. The molecular weight excluding hydrogens is 462 g/mol. The van der Waals surface area contributed by atoms with Crippen molar-refractivity contribution in [1.82, 2.24) is 5.32 Å². The molecule has 31 heavy (non-hydrogen) atoms. The Morgan fingerprint density at radius 3 is 2.42 bits per heavy atom. The van der Waals surface area contributed by atoms with Crippen molar-refractivity contribution >= 4 is 27.7 Å². The Hall–Kier alpha value is -2.28. The third kappa shape index (κ3) is 4.12. The van der Waals surface area contributed by atoms with Gasteiger partial charge in [0.05, 0.1) is 19.8 Å². The molecule has 2 aliphatic carbocycles. The molecule has 0 bridgehead atoms. The van der Waals surface area contributed by atoms with Gasteiger partial charge in [0, 0.05) is 33.8 Å². The highest BCUT2D eigenvalue weighted by molar-refractivity contribution is 9.10. The Morgan fingerprint density at radius 2 is 1.74 bits per heavy atom. The zero-order valence-corrected chi connectivity index (χ0v) is 19.8. The van der Waals surface area contributed by atoms with Gasteiger partial charge in [-0.2, -0.15) is 0 Å². The predicted octanol–water partition coefficient (Wildman–Crippen LogP) is 4.92. The van der Waals surface area contributed by atoms with Gasteiger partial charge in [-0.05, 0) is 63.1 Å². The predicted molar refractivity (Wildman–Crippen MR) is 120 cm³/mol. The van der Waals surface area contributed by atoms with Gasteiger partial charge in [-0.25, -0.2) is 4.79 Å².